The first-order chi connectivity index (χ1) is 18.6. The maximum atomic E-state index is 13.6. The summed E-state index contributed by atoms with van der Waals surface area (Å²) in [6, 6.07) is 18.9. The third kappa shape index (κ3) is 5.35. The lowest BCUT2D eigenvalue weighted by Crippen LogP contribution is -2.30. The number of Topliss-reactive ketones (excluding diaryl/α,β-unsaturated/α-hetero) is 1. The fourth-order valence-electron chi connectivity index (χ4n) is 4.69. The summed E-state index contributed by atoms with van der Waals surface area (Å²) in [4.78, 5) is 28.7. The predicted molar refractivity (Wildman–Crippen MR) is 152 cm³/mol. The Labute approximate surface area is 229 Å². The van der Waals surface area contributed by atoms with Crippen molar-refractivity contribution < 1.29 is 28.9 Å². The Morgan fingerprint density at radius 3 is 2.18 bits per heavy atom. The molecule has 1 heterocycles. The van der Waals surface area contributed by atoms with Gasteiger partial charge in [-0.05, 0) is 53.3 Å². The first-order valence-electron chi connectivity index (χ1n) is 13.0. The molecule has 0 saturated carbocycles. The van der Waals surface area contributed by atoms with Crippen LogP contribution in [0.5, 0.6) is 17.2 Å². The predicted octanol–water partition coefficient (Wildman–Crippen LogP) is 6.42. The molecule has 4 rings (SSSR count). The third-order valence-electron chi connectivity index (χ3n) is 6.78. The SMILES string of the molecule is CCCOc1ccccc1N1C(=O)C(=O)/C(=C(\O)c2ccc(OC)c(OC)c2)C1c1ccc(C(C)(C)C)cc1. The van der Waals surface area contributed by atoms with Crippen LogP contribution in [0.15, 0.2) is 72.3 Å². The highest BCUT2D eigenvalue weighted by molar-refractivity contribution is 6.52. The van der Waals surface area contributed by atoms with E-state index in [0.717, 1.165) is 12.0 Å². The number of ether oxygens (including phenoxy) is 3. The Kier molecular flexibility index (Phi) is 8.00. The van der Waals surface area contributed by atoms with Gasteiger partial charge in [0, 0.05) is 5.56 Å². The first-order valence-corrected chi connectivity index (χ1v) is 13.0. The Morgan fingerprint density at radius 1 is 0.897 bits per heavy atom. The lowest BCUT2D eigenvalue weighted by Gasteiger charge is -2.28. The lowest BCUT2D eigenvalue weighted by atomic mass is 9.85. The quantitative estimate of drug-likeness (QED) is 0.206. The van der Waals surface area contributed by atoms with Crippen molar-refractivity contribution in [3.05, 3.63) is 89.0 Å². The van der Waals surface area contributed by atoms with Crippen LogP contribution >= 0.6 is 0 Å². The van der Waals surface area contributed by atoms with E-state index in [-0.39, 0.29) is 16.7 Å². The minimum absolute atomic E-state index is 0.0129. The van der Waals surface area contributed by atoms with Crippen molar-refractivity contribution in [3.8, 4) is 17.2 Å². The van der Waals surface area contributed by atoms with Crippen LogP contribution in [0.25, 0.3) is 5.76 Å². The van der Waals surface area contributed by atoms with Crippen LogP contribution < -0.4 is 19.1 Å². The summed E-state index contributed by atoms with van der Waals surface area (Å²) >= 11 is 0. The molecule has 1 N–H and O–H groups in total. The number of ketones is 1. The number of aliphatic hydroxyl groups is 1. The monoisotopic (exact) mass is 529 g/mol. The number of para-hydroxylation sites is 2. The second kappa shape index (κ2) is 11.2. The second-order valence-electron chi connectivity index (χ2n) is 10.4. The van der Waals surface area contributed by atoms with Crippen LogP contribution in [0.1, 0.15) is 56.8 Å². The average molecular weight is 530 g/mol. The molecule has 204 valence electrons. The highest BCUT2D eigenvalue weighted by atomic mass is 16.5. The van der Waals surface area contributed by atoms with Gasteiger partial charge in [0.15, 0.2) is 11.5 Å². The summed E-state index contributed by atoms with van der Waals surface area (Å²) < 4.78 is 16.7. The number of methoxy groups -OCH3 is 2. The van der Waals surface area contributed by atoms with Crippen molar-refractivity contribution in [1.82, 2.24) is 0 Å². The number of carbonyl (C=O) groups is 2. The Morgan fingerprint density at radius 2 is 1.56 bits per heavy atom. The largest absolute Gasteiger partial charge is 0.507 e. The molecule has 1 saturated heterocycles. The fourth-order valence-corrected chi connectivity index (χ4v) is 4.69. The van der Waals surface area contributed by atoms with E-state index in [2.05, 4.69) is 20.8 Å². The van der Waals surface area contributed by atoms with Crippen LogP contribution in [-0.4, -0.2) is 37.6 Å². The molecular formula is C32H35NO6. The number of nitrogens with zero attached hydrogens (tertiary/aromatic N) is 1. The number of benzene rings is 3. The van der Waals surface area contributed by atoms with Crippen LogP contribution in [0.4, 0.5) is 5.69 Å². The number of amides is 1. The average Bonchev–Trinajstić information content (AvgIpc) is 3.20. The van der Waals surface area contributed by atoms with E-state index in [1.165, 1.54) is 19.1 Å². The van der Waals surface area contributed by atoms with Gasteiger partial charge in [-0.25, -0.2) is 0 Å². The second-order valence-corrected chi connectivity index (χ2v) is 10.4. The van der Waals surface area contributed by atoms with Gasteiger partial charge in [0.1, 0.15) is 11.5 Å². The van der Waals surface area contributed by atoms with Gasteiger partial charge in [0.05, 0.1) is 38.1 Å². The van der Waals surface area contributed by atoms with E-state index < -0.39 is 17.7 Å². The Hall–Kier alpha value is -4.26. The van der Waals surface area contributed by atoms with Gasteiger partial charge >= 0.3 is 0 Å². The molecule has 1 amide bonds. The highest BCUT2D eigenvalue weighted by Crippen LogP contribution is 2.45. The molecular weight excluding hydrogens is 494 g/mol. The molecule has 1 unspecified atom stereocenters. The Bertz CT molecular complexity index is 1400. The molecule has 7 heteroatoms. The number of aliphatic hydroxyl groups excluding tert-OH is 1. The van der Waals surface area contributed by atoms with Crippen molar-refractivity contribution in [2.24, 2.45) is 0 Å². The van der Waals surface area contributed by atoms with Crippen molar-refractivity contribution in [3.63, 3.8) is 0 Å². The van der Waals surface area contributed by atoms with Gasteiger partial charge in [-0.2, -0.15) is 0 Å². The van der Waals surface area contributed by atoms with Crippen LogP contribution in [0, 0.1) is 0 Å². The summed E-state index contributed by atoms with van der Waals surface area (Å²) in [6.45, 7) is 8.80. The molecule has 39 heavy (non-hydrogen) atoms. The lowest BCUT2D eigenvalue weighted by molar-refractivity contribution is -0.132. The van der Waals surface area contributed by atoms with Gasteiger partial charge < -0.3 is 19.3 Å². The van der Waals surface area contributed by atoms with Gasteiger partial charge in [0.2, 0.25) is 0 Å². The van der Waals surface area contributed by atoms with Gasteiger partial charge in [-0.1, -0.05) is 64.1 Å². The van der Waals surface area contributed by atoms with E-state index in [0.29, 0.717) is 40.7 Å². The zero-order valence-corrected chi connectivity index (χ0v) is 23.3. The molecule has 3 aromatic carbocycles. The van der Waals surface area contributed by atoms with E-state index in [1.807, 2.05) is 37.3 Å². The van der Waals surface area contributed by atoms with Gasteiger partial charge in [0.25, 0.3) is 11.7 Å². The summed E-state index contributed by atoms with van der Waals surface area (Å²) in [5.74, 6) is -0.463. The zero-order valence-electron chi connectivity index (χ0n) is 23.3. The normalized spacial score (nSPS) is 16.9. The maximum absolute atomic E-state index is 13.6. The minimum Gasteiger partial charge on any atom is -0.507 e. The van der Waals surface area contributed by atoms with E-state index in [9.17, 15) is 14.7 Å². The van der Waals surface area contributed by atoms with Crippen LogP contribution in [0.3, 0.4) is 0 Å². The summed E-state index contributed by atoms with van der Waals surface area (Å²) in [5.41, 5.74) is 2.49. The van der Waals surface area contributed by atoms with E-state index in [1.54, 1.807) is 36.4 Å². The maximum Gasteiger partial charge on any atom is 0.300 e. The fraction of sp³-hybridized carbons (Fsp3) is 0.312. The minimum atomic E-state index is -0.876. The number of hydrogen-bond acceptors (Lipinski definition) is 6. The van der Waals surface area contributed by atoms with Crippen molar-refractivity contribution >= 4 is 23.1 Å². The molecule has 1 fully saturated rings. The number of anilines is 1. The number of hydrogen-bond donors (Lipinski definition) is 1. The van der Waals surface area contributed by atoms with Crippen LogP contribution in [-0.2, 0) is 15.0 Å². The summed E-state index contributed by atoms with van der Waals surface area (Å²) in [7, 11) is 3.01. The van der Waals surface area contributed by atoms with E-state index >= 15 is 0 Å². The topological polar surface area (TPSA) is 85.3 Å². The number of carbonyl (C=O) groups excluding carboxylic acids is 2. The molecule has 3 aromatic rings. The summed E-state index contributed by atoms with van der Waals surface area (Å²) in [5, 5.41) is 11.5. The first kappa shape index (κ1) is 27.8. The molecule has 0 spiro atoms. The standard InChI is InChI=1S/C32H35NO6/c1-7-18-39-24-11-9-8-10-23(24)33-28(20-12-15-22(16-13-20)32(2,3)4)27(30(35)31(33)36)29(34)21-14-17-25(37-5)26(19-21)38-6/h8-17,19,28,34H,7,18H2,1-6H3/b29-27-. The molecule has 0 aromatic heterocycles. The Balaban J connectivity index is 1.94. The molecule has 0 bridgehead atoms. The van der Waals surface area contributed by atoms with Crippen molar-refractivity contribution in [1.29, 1.82) is 0 Å². The molecule has 1 aliphatic heterocycles. The molecule has 0 radical (unpaired) electrons. The smallest absolute Gasteiger partial charge is 0.300 e. The molecule has 1 atom stereocenters. The van der Waals surface area contributed by atoms with Crippen molar-refractivity contribution in [2.75, 3.05) is 25.7 Å². The molecule has 7 nitrogen and oxygen atoms in total. The molecule has 0 aliphatic carbocycles. The molecule has 1 aliphatic rings. The number of rotatable bonds is 8. The van der Waals surface area contributed by atoms with Crippen LogP contribution in [0.2, 0.25) is 0 Å². The van der Waals surface area contributed by atoms with Gasteiger partial charge in [-0.3, -0.25) is 14.5 Å². The highest BCUT2D eigenvalue weighted by Gasteiger charge is 2.48. The zero-order chi connectivity index (χ0) is 28.3. The summed E-state index contributed by atoms with van der Waals surface area (Å²) in [6.07, 6.45) is 0.782. The van der Waals surface area contributed by atoms with E-state index in [4.69, 9.17) is 14.2 Å². The third-order valence-corrected chi connectivity index (χ3v) is 6.78. The van der Waals surface area contributed by atoms with Gasteiger partial charge in [-0.15, -0.1) is 0 Å². The van der Waals surface area contributed by atoms with Crippen molar-refractivity contribution in [2.45, 2.75) is 45.6 Å².